The number of carbonyl (C=O) groups is 1. The third-order valence-electron chi connectivity index (χ3n) is 6.16. The maximum Gasteiger partial charge on any atom is 0.186 e. The fraction of sp³-hybridized carbons (Fsp3) is 0.480. The number of phenols is 4. The molecule has 0 radical (unpaired) electrons. The van der Waals surface area contributed by atoms with E-state index in [0.29, 0.717) is 24.0 Å². The molecule has 1 saturated heterocycles. The van der Waals surface area contributed by atoms with Crippen molar-refractivity contribution in [3.8, 4) is 23.0 Å². The van der Waals surface area contributed by atoms with Crippen LogP contribution in [0, 0.1) is 0 Å². The molecule has 2 aromatic rings. The third-order valence-corrected chi connectivity index (χ3v) is 6.16. The summed E-state index contributed by atoms with van der Waals surface area (Å²) in [6.45, 7) is -0.624. The Kier molecular flexibility index (Phi) is 9.49. The number of aliphatic hydroxyl groups is 4. The van der Waals surface area contributed by atoms with Crippen molar-refractivity contribution in [2.45, 2.75) is 68.9 Å². The van der Waals surface area contributed by atoms with Gasteiger partial charge >= 0.3 is 0 Å². The molecule has 0 bridgehead atoms. The predicted octanol–water partition coefficient (Wildman–Crippen LogP) is 0.219. The topological polar surface area (TPSA) is 197 Å². The van der Waals surface area contributed by atoms with E-state index >= 15 is 0 Å². The molecule has 3 rings (SSSR count). The molecular formula is C25H32O11. The van der Waals surface area contributed by atoms with Crippen LogP contribution in [0.1, 0.15) is 30.4 Å². The second kappa shape index (κ2) is 12.3. The van der Waals surface area contributed by atoms with Crippen LogP contribution in [0.25, 0.3) is 0 Å². The molecule has 0 aliphatic carbocycles. The first kappa shape index (κ1) is 27.7. The minimum Gasteiger partial charge on any atom is -0.504 e. The molecule has 6 atom stereocenters. The van der Waals surface area contributed by atoms with Crippen LogP contribution in [0.4, 0.5) is 0 Å². The van der Waals surface area contributed by atoms with Gasteiger partial charge in [-0.05, 0) is 54.7 Å². The van der Waals surface area contributed by atoms with E-state index < -0.39 is 43.4 Å². The van der Waals surface area contributed by atoms with E-state index in [4.69, 9.17) is 9.47 Å². The molecule has 1 fully saturated rings. The average Bonchev–Trinajstić information content (AvgIpc) is 2.85. The highest BCUT2D eigenvalue weighted by Crippen LogP contribution is 2.29. The highest BCUT2D eigenvalue weighted by atomic mass is 16.7. The normalized spacial score (nSPS) is 24.9. The molecule has 8 N–H and O–H groups in total. The lowest BCUT2D eigenvalue weighted by atomic mass is 9.98. The monoisotopic (exact) mass is 508 g/mol. The SMILES string of the molecule is O=C(CCc1ccc(O)c(O)c1)C[C@H](CCc1ccc(O)c(O)c1)O[C@@H]1O[C@H](CO)[C@@H](O)[C@H](O)[C@H]1O. The van der Waals surface area contributed by atoms with Crippen molar-refractivity contribution >= 4 is 5.78 Å². The lowest BCUT2D eigenvalue weighted by Crippen LogP contribution is -2.59. The largest absolute Gasteiger partial charge is 0.504 e. The van der Waals surface area contributed by atoms with Crippen molar-refractivity contribution < 1.29 is 55.1 Å². The Labute approximate surface area is 207 Å². The van der Waals surface area contributed by atoms with Gasteiger partial charge in [0, 0.05) is 12.8 Å². The van der Waals surface area contributed by atoms with Gasteiger partial charge in [0.05, 0.1) is 12.7 Å². The van der Waals surface area contributed by atoms with Crippen LogP contribution >= 0.6 is 0 Å². The average molecular weight is 509 g/mol. The summed E-state index contributed by atoms with van der Waals surface area (Å²) in [6.07, 6.45) is -7.32. The van der Waals surface area contributed by atoms with Gasteiger partial charge in [-0.1, -0.05) is 12.1 Å². The van der Waals surface area contributed by atoms with Crippen molar-refractivity contribution in [3.63, 3.8) is 0 Å². The van der Waals surface area contributed by atoms with Gasteiger partial charge in [-0.2, -0.15) is 0 Å². The molecule has 0 aromatic heterocycles. The standard InChI is InChI=1S/C25H32O11/c26-12-21-22(32)23(33)24(34)25(36-21)35-16(6-2-14-4-8-18(29)20(31)10-14)11-15(27)5-1-13-3-7-17(28)19(30)9-13/h3-4,7-10,16,21-26,28-34H,1-2,5-6,11-12H2/t16-,21+,22+,23-,24+,25+/m0/s1. The number of aliphatic hydroxyl groups excluding tert-OH is 4. The second-order valence-electron chi connectivity index (χ2n) is 8.88. The summed E-state index contributed by atoms with van der Waals surface area (Å²) >= 11 is 0. The Morgan fingerprint density at radius 3 is 1.97 bits per heavy atom. The molecule has 36 heavy (non-hydrogen) atoms. The summed E-state index contributed by atoms with van der Waals surface area (Å²) in [5.74, 6) is -1.33. The number of hydrogen-bond acceptors (Lipinski definition) is 11. The van der Waals surface area contributed by atoms with Gasteiger partial charge in [-0.25, -0.2) is 0 Å². The molecule has 11 heteroatoms. The van der Waals surface area contributed by atoms with Crippen molar-refractivity contribution in [1.82, 2.24) is 0 Å². The van der Waals surface area contributed by atoms with Crippen molar-refractivity contribution in [2.75, 3.05) is 6.61 Å². The lowest BCUT2D eigenvalue weighted by Gasteiger charge is -2.40. The number of Topliss-reactive ketones (excluding diaryl/α,β-unsaturated/α-hetero) is 1. The van der Waals surface area contributed by atoms with Gasteiger partial charge in [0.25, 0.3) is 0 Å². The van der Waals surface area contributed by atoms with Gasteiger partial charge in [0.2, 0.25) is 0 Å². The van der Waals surface area contributed by atoms with Gasteiger partial charge in [-0.3, -0.25) is 4.79 Å². The number of hydrogen-bond donors (Lipinski definition) is 8. The Morgan fingerprint density at radius 1 is 0.833 bits per heavy atom. The number of phenolic OH excluding ortho intramolecular Hbond substituents is 4. The van der Waals surface area contributed by atoms with Crippen LogP contribution < -0.4 is 0 Å². The molecule has 1 heterocycles. The van der Waals surface area contributed by atoms with Gasteiger partial charge in [-0.15, -0.1) is 0 Å². The van der Waals surface area contributed by atoms with E-state index in [1.54, 1.807) is 12.1 Å². The molecule has 1 aliphatic heterocycles. The van der Waals surface area contributed by atoms with Gasteiger partial charge < -0.3 is 50.3 Å². The highest BCUT2D eigenvalue weighted by Gasteiger charge is 2.44. The zero-order valence-corrected chi connectivity index (χ0v) is 19.5. The first-order valence-corrected chi connectivity index (χ1v) is 11.6. The number of carbonyl (C=O) groups excluding carboxylic acids is 1. The highest BCUT2D eigenvalue weighted by molar-refractivity contribution is 5.79. The van der Waals surface area contributed by atoms with Crippen LogP contribution in [0.5, 0.6) is 23.0 Å². The maximum atomic E-state index is 12.8. The van der Waals surface area contributed by atoms with Crippen molar-refractivity contribution in [2.24, 2.45) is 0 Å². The quantitative estimate of drug-likeness (QED) is 0.193. The number of aromatic hydroxyl groups is 4. The minimum absolute atomic E-state index is 0.0941. The van der Waals surface area contributed by atoms with Crippen LogP contribution in [-0.4, -0.2) is 90.1 Å². The Bertz CT molecular complexity index is 1030. The summed E-state index contributed by atoms with van der Waals surface area (Å²) in [5.41, 5.74) is 1.30. The van der Waals surface area contributed by atoms with E-state index in [2.05, 4.69) is 0 Å². The molecular weight excluding hydrogens is 476 g/mol. The minimum atomic E-state index is -1.63. The zero-order chi connectivity index (χ0) is 26.4. The Balaban J connectivity index is 1.68. The summed E-state index contributed by atoms with van der Waals surface area (Å²) in [5, 5.41) is 78.1. The third kappa shape index (κ3) is 7.06. The number of aryl methyl sites for hydroxylation is 2. The number of rotatable bonds is 11. The number of benzene rings is 2. The van der Waals surface area contributed by atoms with E-state index in [9.17, 15) is 45.6 Å². The van der Waals surface area contributed by atoms with Crippen LogP contribution in [0.3, 0.4) is 0 Å². The fourth-order valence-electron chi connectivity index (χ4n) is 4.00. The summed E-state index contributed by atoms with van der Waals surface area (Å²) < 4.78 is 11.2. The first-order chi connectivity index (χ1) is 17.1. The molecule has 1 aliphatic rings. The molecule has 0 spiro atoms. The summed E-state index contributed by atoms with van der Waals surface area (Å²) in [4.78, 5) is 12.8. The summed E-state index contributed by atoms with van der Waals surface area (Å²) in [6, 6.07) is 8.57. The van der Waals surface area contributed by atoms with Crippen LogP contribution in [0.15, 0.2) is 36.4 Å². The smallest absolute Gasteiger partial charge is 0.186 e. The Hall–Kier alpha value is -2.93. The molecule has 0 amide bonds. The van der Waals surface area contributed by atoms with E-state index in [1.165, 1.54) is 24.3 Å². The van der Waals surface area contributed by atoms with E-state index in [-0.39, 0.29) is 48.0 Å². The fourth-order valence-corrected chi connectivity index (χ4v) is 4.00. The van der Waals surface area contributed by atoms with Crippen LogP contribution in [-0.2, 0) is 27.1 Å². The molecule has 0 unspecified atom stereocenters. The molecule has 2 aromatic carbocycles. The van der Waals surface area contributed by atoms with E-state index in [0.717, 1.165) is 0 Å². The maximum absolute atomic E-state index is 12.8. The zero-order valence-electron chi connectivity index (χ0n) is 19.5. The van der Waals surface area contributed by atoms with Crippen molar-refractivity contribution in [1.29, 1.82) is 0 Å². The van der Waals surface area contributed by atoms with Crippen LogP contribution in [0.2, 0.25) is 0 Å². The van der Waals surface area contributed by atoms with E-state index in [1.807, 2.05) is 0 Å². The number of ketones is 1. The molecule has 11 nitrogen and oxygen atoms in total. The van der Waals surface area contributed by atoms with Crippen molar-refractivity contribution in [3.05, 3.63) is 47.5 Å². The predicted molar refractivity (Wildman–Crippen MR) is 124 cm³/mol. The lowest BCUT2D eigenvalue weighted by molar-refractivity contribution is -0.311. The second-order valence-corrected chi connectivity index (χ2v) is 8.88. The molecule has 198 valence electrons. The van der Waals surface area contributed by atoms with Gasteiger partial charge in [0.1, 0.15) is 30.2 Å². The number of ether oxygens (including phenoxy) is 2. The van der Waals surface area contributed by atoms with Gasteiger partial charge in [0.15, 0.2) is 29.3 Å². The molecule has 0 saturated carbocycles. The first-order valence-electron chi connectivity index (χ1n) is 11.6. The Morgan fingerprint density at radius 2 is 1.42 bits per heavy atom. The summed E-state index contributed by atoms with van der Waals surface area (Å²) in [7, 11) is 0.